The van der Waals surface area contributed by atoms with E-state index in [0.29, 0.717) is 18.2 Å². The molecule has 0 N–H and O–H groups in total. The molecule has 0 bridgehead atoms. The number of sulfonamides is 1. The standard InChI is InChI=1S/C9H12ClN2O2S.2CH3.Sn.H/c1-3-12(4-2)15(13,14)8-5-6-9(10)11-7-8;;;;/h5-7H,1,3-4H2,2H3;2*1H3;;. The predicted molar refractivity (Wildman–Crippen MR) is 77.4 cm³/mol. The van der Waals surface area contributed by atoms with Crippen LogP contribution in [0.1, 0.15) is 6.92 Å². The third kappa shape index (κ3) is 4.36. The number of hydrogen-bond donors (Lipinski definition) is 0. The molecule has 0 amide bonds. The van der Waals surface area contributed by atoms with E-state index in [4.69, 9.17) is 11.6 Å². The summed E-state index contributed by atoms with van der Waals surface area (Å²) in [6, 6.07) is 3.01. The van der Waals surface area contributed by atoms with E-state index >= 15 is 0 Å². The molecule has 0 fully saturated rings. The first-order valence-corrected chi connectivity index (χ1v) is 16.7. The van der Waals surface area contributed by atoms with E-state index in [2.05, 4.69) is 14.9 Å². The quantitative estimate of drug-likeness (QED) is 0.546. The van der Waals surface area contributed by atoms with Gasteiger partial charge in [-0.25, -0.2) is 0 Å². The molecule has 0 aliphatic rings. The van der Waals surface area contributed by atoms with Crippen LogP contribution in [0.3, 0.4) is 0 Å². The van der Waals surface area contributed by atoms with Crippen LogP contribution >= 0.6 is 11.6 Å². The molecule has 0 aliphatic carbocycles. The number of rotatable bonds is 6. The van der Waals surface area contributed by atoms with Crippen LogP contribution in [0, 0.1) is 0 Å². The van der Waals surface area contributed by atoms with Crippen molar-refractivity contribution in [3.8, 4) is 0 Å². The zero-order valence-corrected chi connectivity index (χ0v) is 15.8. The summed E-state index contributed by atoms with van der Waals surface area (Å²) in [7, 11) is -3.42. The first kappa shape index (κ1) is 16.2. The number of aromatic nitrogens is 1. The van der Waals surface area contributed by atoms with Crippen molar-refractivity contribution in [2.75, 3.05) is 13.1 Å². The fraction of sp³-hybridized carbons (Fsp3) is 0.545. The molecule has 0 aromatic carbocycles. The second kappa shape index (κ2) is 7.07. The molecule has 1 rings (SSSR count). The van der Waals surface area contributed by atoms with Crippen molar-refractivity contribution < 1.29 is 8.42 Å². The van der Waals surface area contributed by atoms with Gasteiger partial charge in [-0.05, 0) is 0 Å². The Morgan fingerprint density at radius 2 is 2.06 bits per heavy atom. The van der Waals surface area contributed by atoms with E-state index in [9.17, 15) is 8.42 Å². The topological polar surface area (TPSA) is 50.3 Å². The van der Waals surface area contributed by atoms with Gasteiger partial charge in [-0.3, -0.25) is 0 Å². The van der Waals surface area contributed by atoms with Gasteiger partial charge in [-0.15, -0.1) is 0 Å². The molecule has 1 aromatic rings. The molecule has 0 aliphatic heterocycles. The molecule has 0 radical (unpaired) electrons. The molecule has 0 spiro atoms. The van der Waals surface area contributed by atoms with Gasteiger partial charge >= 0.3 is 122 Å². The van der Waals surface area contributed by atoms with E-state index in [-0.39, 0.29) is 4.90 Å². The average Bonchev–Trinajstić information content (AvgIpc) is 2.29. The monoisotopic (exact) mass is 398 g/mol. The van der Waals surface area contributed by atoms with Crippen molar-refractivity contribution in [2.24, 2.45) is 0 Å². The minimum atomic E-state index is -3.42. The van der Waals surface area contributed by atoms with Gasteiger partial charge in [0.25, 0.3) is 0 Å². The Bertz CT molecular complexity index is 476. The van der Waals surface area contributed by atoms with E-state index in [1.165, 1.54) is 22.6 Å². The molecular weight excluding hydrogens is 378 g/mol. The molecule has 0 atom stereocenters. The maximum atomic E-state index is 12.4. The molecular formula is C11H19ClN2O2SSn. The third-order valence-corrected chi connectivity index (χ3v) is 8.86. The summed E-state index contributed by atoms with van der Waals surface area (Å²) >= 11 is 4.28. The number of nitrogens with zero attached hydrogens (tertiary/aromatic N) is 2. The van der Waals surface area contributed by atoms with E-state index < -0.39 is 29.8 Å². The molecule has 18 heavy (non-hydrogen) atoms. The van der Waals surface area contributed by atoms with E-state index in [0.717, 1.165) is 4.44 Å². The SMILES string of the molecule is CCN(C[CH2][SnH]([CH3])[CH3])S(=O)(=O)c1ccc(Cl)nc1. The van der Waals surface area contributed by atoms with Gasteiger partial charge in [0, 0.05) is 0 Å². The Morgan fingerprint density at radius 1 is 1.39 bits per heavy atom. The molecule has 1 aromatic heterocycles. The molecule has 0 unspecified atom stereocenters. The number of hydrogen-bond acceptors (Lipinski definition) is 3. The molecule has 1 heterocycles. The number of pyridine rings is 1. The molecule has 7 heteroatoms. The summed E-state index contributed by atoms with van der Waals surface area (Å²) < 4.78 is 27.3. The van der Waals surface area contributed by atoms with Crippen LogP contribution in [0.25, 0.3) is 0 Å². The van der Waals surface area contributed by atoms with Crippen LogP contribution in [0.2, 0.25) is 19.5 Å². The fourth-order valence-corrected chi connectivity index (χ4v) is 5.93. The van der Waals surface area contributed by atoms with Crippen LogP contribution < -0.4 is 0 Å². The zero-order chi connectivity index (χ0) is 13.8. The van der Waals surface area contributed by atoms with Crippen molar-refractivity contribution in [3.05, 3.63) is 23.5 Å². The second-order valence-corrected chi connectivity index (χ2v) is 16.4. The third-order valence-electron chi connectivity index (χ3n) is 2.65. The van der Waals surface area contributed by atoms with E-state index in [1.54, 1.807) is 0 Å². The van der Waals surface area contributed by atoms with Crippen LogP contribution in [0.4, 0.5) is 0 Å². The van der Waals surface area contributed by atoms with Crippen LogP contribution in [0.15, 0.2) is 23.2 Å². The van der Waals surface area contributed by atoms with Gasteiger partial charge < -0.3 is 0 Å². The zero-order valence-electron chi connectivity index (χ0n) is 10.9. The van der Waals surface area contributed by atoms with Gasteiger partial charge in [-0.1, -0.05) is 0 Å². The Balaban J connectivity index is 2.92. The summed E-state index contributed by atoms with van der Waals surface area (Å²) in [5.74, 6) is 0. The van der Waals surface area contributed by atoms with Crippen molar-refractivity contribution in [3.63, 3.8) is 0 Å². The molecule has 4 nitrogen and oxygen atoms in total. The van der Waals surface area contributed by atoms with Gasteiger partial charge in [0.2, 0.25) is 0 Å². The first-order valence-electron chi connectivity index (χ1n) is 5.99. The normalized spacial score (nSPS) is 12.3. The van der Waals surface area contributed by atoms with Gasteiger partial charge in [0.1, 0.15) is 0 Å². The first-order chi connectivity index (χ1) is 8.37. The Morgan fingerprint density at radius 3 is 2.50 bits per heavy atom. The number of halogens is 1. The van der Waals surface area contributed by atoms with E-state index in [1.807, 2.05) is 6.92 Å². The second-order valence-electron chi connectivity index (χ2n) is 4.50. The summed E-state index contributed by atoms with van der Waals surface area (Å²) in [4.78, 5) is 8.61. The summed E-state index contributed by atoms with van der Waals surface area (Å²) in [6.45, 7) is 2.97. The minimum absolute atomic E-state index is 0.215. The summed E-state index contributed by atoms with van der Waals surface area (Å²) in [5.41, 5.74) is 0. The predicted octanol–water partition coefficient (Wildman–Crippen LogP) is 2.23. The molecule has 102 valence electrons. The van der Waals surface area contributed by atoms with Crippen LogP contribution in [0.5, 0.6) is 0 Å². The van der Waals surface area contributed by atoms with Crippen LogP contribution in [-0.4, -0.2) is 50.6 Å². The van der Waals surface area contributed by atoms with Gasteiger partial charge in [0.15, 0.2) is 0 Å². The molecule has 0 saturated carbocycles. The van der Waals surface area contributed by atoms with Crippen molar-refractivity contribution in [1.82, 2.24) is 9.29 Å². The Hall–Kier alpha value is 0.149. The van der Waals surface area contributed by atoms with Crippen molar-refractivity contribution >= 4 is 41.4 Å². The summed E-state index contributed by atoms with van der Waals surface area (Å²) in [5, 5.41) is 0.301. The fourth-order valence-electron chi connectivity index (χ4n) is 1.51. The van der Waals surface area contributed by atoms with Crippen molar-refractivity contribution in [1.29, 1.82) is 0 Å². The van der Waals surface area contributed by atoms with Gasteiger partial charge in [-0.2, -0.15) is 0 Å². The Kier molecular flexibility index (Phi) is 6.37. The Labute approximate surface area is 121 Å². The maximum absolute atomic E-state index is 12.4. The van der Waals surface area contributed by atoms with Crippen LogP contribution in [-0.2, 0) is 10.0 Å². The summed E-state index contributed by atoms with van der Waals surface area (Å²) in [6.07, 6.45) is 1.32. The average molecular weight is 398 g/mol. The van der Waals surface area contributed by atoms with Gasteiger partial charge in [0.05, 0.1) is 0 Å². The molecule has 0 saturated heterocycles. The van der Waals surface area contributed by atoms with Crippen molar-refractivity contribution in [2.45, 2.75) is 26.1 Å².